The molecule has 0 fully saturated rings. The lowest BCUT2D eigenvalue weighted by Crippen LogP contribution is -2.33. The van der Waals surface area contributed by atoms with E-state index >= 15 is 0 Å². The van der Waals surface area contributed by atoms with Gasteiger partial charge in [-0.1, -0.05) is 23.2 Å². The summed E-state index contributed by atoms with van der Waals surface area (Å²) in [5.74, 6) is 1.58. The van der Waals surface area contributed by atoms with Gasteiger partial charge in [-0.15, -0.1) is 0 Å². The zero-order valence-electron chi connectivity index (χ0n) is 13.0. The predicted molar refractivity (Wildman–Crippen MR) is 92.2 cm³/mol. The van der Waals surface area contributed by atoms with Crippen LogP contribution in [0.1, 0.15) is 12.2 Å². The van der Waals surface area contributed by atoms with Crippen LogP contribution in [0.25, 0.3) is 0 Å². The van der Waals surface area contributed by atoms with Crippen LogP contribution in [-0.4, -0.2) is 31.6 Å². The molecule has 0 saturated heterocycles. The summed E-state index contributed by atoms with van der Waals surface area (Å²) in [6.07, 6.45) is 5.41. The quantitative estimate of drug-likeness (QED) is 0.852. The number of halogens is 2. The van der Waals surface area contributed by atoms with Crippen molar-refractivity contribution in [3.8, 4) is 5.75 Å². The molecule has 0 spiro atoms. The van der Waals surface area contributed by atoms with E-state index in [2.05, 4.69) is 14.3 Å². The fourth-order valence-electron chi connectivity index (χ4n) is 2.78. The fraction of sp³-hybridized carbons (Fsp3) is 0.400. The summed E-state index contributed by atoms with van der Waals surface area (Å²) >= 11 is 12.1. The Morgan fingerprint density at radius 1 is 1.38 bits per heavy atom. The minimum Gasteiger partial charge on any atom is -0.495 e. The third-order valence-corrected chi connectivity index (χ3v) is 6.27. The minimum absolute atomic E-state index is 0.0471. The summed E-state index contributed by atoms with van der Waals surface area (Å²) < 4.78 is 34.8. The molecule has 1 aromatic carbocycles. The predicted octanol–water partition coefficient (Wildman–Crippen LogP) is 2.74. The topological polar surface area (TPSA) is 73.2 Å². The standard InChI is InChI=1S/C15H17Cl2N3O3S/c1-23-13-6-12(17)14(7-11(13)16)24(21,22)19-8-10-2-3-15-18-4-5-20(15)9-10/h4-7,10,19H,2-3,8-9H2,1H3. The first kappa shape index (κ1) is 17.5. The second kappa shape index (κ2) is 6.92. The van der Waals surface area contributed by atoms with Crippen molar-refractivity contribution in [2.45, 2.75) is 24.3 Å². The van der Waals surface area contributed by atoms with Crippen LogP contribution in [0, 0.1) is 5.92 Å². The monoisotopic (exact) mass is 389 g/mol. The number of sulfonamides is 1. The van der Waals surface area contributed by atoms with Crippen molar-refractivity contribution < 1.29 is 13.2 Å². The molecule has 24 heavy (non-hydrogen) atoms. The molecule has 0 amide bonds. The second-order valence-corrected chi connectivity index (χ2v) is 8.22. The van der Waals surface area contributed by atoms with Crippen molar-refractivity contribution in [2.75, 3.05) is 13.7 Å². The van der Waals surface area contributed by atoms with Crippen molar-refractivity contribution in [3.63, 3.8) is 0 Å². The molecule has 0 saturated carbocycles. The lowest BCUT2D eigenvalue weighted by atomic mass is 10.00. The van der Waals surface area contributed by atoms with Gasteiger partial charge >= 0.3 is 0 Å². The van der Waals surface area contributed by atoms with Gasteiger partial charge < -0.3 is 9.30 Å². The van der Waals surface area contributed by atoms with Gasteiger partial charge in [-0.3, -0.25) is 0 Å². The highest BCUT2D eigenvalue weighted by Crippen LogP contribution is 2.33. The number of aromatic nitrogens is 2. The highest BCUT2D eigenvalue weighted by molar-refractivity contribution is 7.89. The van der Waals surface area contributed by atoms with Crippen LogP contribution in [0.3, 0.4) is 0 Å². The molecular formula is C15H17Cl2N3O3S. The lowest BCUT2D eigenvalue weighted by molar-refractivity contribution is 0.363. The van der Waals surface area contributed by atoms with Crippen LogP contribution >= 0.6 is 23.2 Å². The van der Waals surface area contributed by atoms with E-state index in [1.54, 1.807) is 6.20 Å². The molecule has 1 aliphatic rings. The van der Waals surface area contributed by atoms with Gasteiger partial charge in [-0.2, -0.15) is 0 Å². The number of methoxy groups -OCH3 is 1. The van der Waals surface area contributed by atoms with Crippen LogP contribution in [0.2, 0.25) is 10.0 Å². The van der Waals surface area contributed by atoms with Gasteiger partial charge in [0.25, 0.3) is 0 Å². The highest BCUT2D eigenvalue weighted by Gasteiger charge is 2.24. The summed E-state index contributed by atoms with van der Waals surface area (Å²) in [7, 11) is -2.31. The van der Waals surface area contributed by atoms with E-state index < -0.39 is 10.0 Å². The smallest absolute Gasteiger partial charge is 0.242 e. The first-order chi connectivity index (χ1) is 11.4. The van der Waals surface area contributed by atoms with Crippen LogP contribution in [0.15, 0.2) is 29.4 Å². The van der Waals surface area contributed by atoms with Gasteiger partial charge in [-0.25, -0.2) is 18.1 Å². The average Bonchev–Trinajstić information content (AvgIpc) is 3.02. The number of ether oxygens (including phenoxy) is 1. The van der Waals surface area contributed by atoms with Crippen molar-refractivity contribution >= 4 is 33.2 Å². The van der Waals surface area contributed by atoms with E-state index in [1.807, 2.05) is 6.20 Å². The number of nitrogens with zero attached hydrogens (tertiary/aromatic N) is 2. The van der Waals surface area contributed by atoms with Crippen molar-refractivity contribution in [1.82, 2.24) is 14.3 Å². The summed E-state index contributed by atoms with van der Waals surface area (Å²) in [6, 6.07) is 2.71. The van der Waals surface area contributed by atoms with E-state index in [9.17, 15) is 8.42 Å². The zero-order valence-corrected chi connectivity index (χ0v) is 15.3. The zero-order chi connectivity index (χ0) is 17.3. The molecule has 0 aliphatic carbocycles. The number of rotatable bonds is 5. The van der Waals surface area contributed by atoms with Crippen molar-refractivity contribution in [3.05, 3.63) is 40.4 Å². The summed E-state index contributed by atoms with van der Waals surface area (Å²) in [6.45, 7) is 1.08. The Kier molecular flexibility index (Phi) is 5.05. The average molecular weight is 390 g/mol. The van der Waals surface area contributed by atoms with Crippen LogP contribution < -0.4 is 9.46 Å². The Hall–Kier alpha value is -1.28. The Morgan fingerprint density at radius 2 is 2.17 bits per heavy atom. The van der Waals surface area contributed by atoms with Gasteiger partial charge in [0.05, 0.1) is 17.2 Å². The first-order valence-corrected chi connectivity index (χ1v) is 9.67. The highest BCUT2D eigenvalue weighted by atomic mass is 35.5. The third-order valence-electron chi connectivity index (χ3n) is 4.09. The first-order valence-electron chi connectivity index (χ1n) is 7.43. The molecule has 130 valence electrons. The van der Waals surface area contributed by atoms with Crippen LogP contribution in [0.5, 0.6) is 5.75 Å². The van der Waals surface area contributed by atoms with Crippen molar-refractivity contribution in [1.29, 1.82) is 0 Å². The maximum Gasteiger partial charge on any atom is 0.242 e. The molecule has 0 bridgehead atoms. The number of nitrogens with one attached hydrogen (secondary N) is 1. The Bertz CT molecular complexity index is 852. The number of fused-ring (bicyclic) bond motifs is 1. The van der Waals surface area contributed by atoms with Gasteiger partial charge in [0.2, 0.25) is 10.0 Å². The van der Waals surface area contributed by atoms with E-state index in [-0.39, 0.29) is 20.9 Å². The van der Waals surface area contributed by atoms with Crippen molar-refractivity contribution in [2.24, 2.45) is 5.92 Å². The number of hydrogen-bond donors (Lipinski definition) is 1. The van der Waals surface area contributed by atoms with Gasteiger partial charge in [-0.05, 0) is 18.4 Å². The van der Waals surface area contributed by atoms with Crippen LogP contribution in [0.4, 0.5) is 0 Å². The summed E-state index contributed by atoms with van der Waals surface area (Å²) in [4.78, 5) is 4.22. The van der Waals surface area contributed by atoms with Gasteiger partial charge in [0.1, 0.15) is 16.5 Å². The molecule has 0 radical (unpaired) electrons. The molecule has 1 unspecified atom stereocenters. The Labute approximate surface area is 150 Å². The summed E-state index contributed by atoms with van der Waals surface area (Å²) in [5.41, 5.74) is 0. The summed E-state index contributed by atoms with van der Waals surface area (Å²) in [5, 5.41) is 0.271. The molecule has 6 nitrogen and oxygen atoms in total. The fourth-order valence-corrected chi connectivity index (χ4v) is 4.74. The number of hydrogen-bond acceptors (Lipinski definition) is 4. The SMILES string of the molecule is COc1cc(Cl)c(S(=O)(=O)NCC2CCc3nccn3C2)cc1Cl. The van der Waals surface area contributed by atoms with E-state index in [1.165, 1.54) is 19.2 Å². The van der Waals surface area contributed by atoms with E-state index in [0.29, 0.717) is 12.3 Å². The molecule has 1 atom stereocenters. The maximum atomic E-state index is 12.5. The molecule has 1 aromatic heterocycles. The molecular weight excluding hydrogens is 373 g/mol. The maximum absolute atomic E-state index is 12.5. The number of aryl methyl sites for hydroxylation is 1. The van der Waals surface area contributed by atoms with Gasteiger partial charge in [0, 0.05) is 38.0 Å². The Balaban J connectivity index is 1.72. The molecule has 1 aliphatic heterocycles. The lowest BCUT2D eigenvalue weighted by Gasteiger charge is -2.24. The normalized spacial score (nSPS) is 17.5. The number of benzene rings is 1. The van der Waals surface area contributed by atoms with Crippen LogP contribution in [-0.2, 0) is 23.0 Å². The molecule has 2 heterocycles. The number of imidazole rings is 1. The molecule has 9 heteroatoms. The molecule has 1 N–H and O–H groups in total. The Morgan fingerprint density at radius 3 is 2.92 bits per heavy atom. The molecule has 3 rings (SSSR count). The largest absolute Gasteiger partial charge is 0.495 e. The van der Waals surface area contributed by atoms with Gasteiger partial charge in [0.15, 0.2) is 0 Å². The second-order valence-electron chi connectivity index (χ2n) is 5.67. The third kappa shape index (κ3) is 3.54. The van der Waals surface area contributed by atoms with E-state index in [4.69, 9.17) is 27.9 Å². The van der Waals surface area contributed by atoms with E-state index in [0.717, 1.165) is 25.2 Å². The minimum atomic E-state index is -3.75. The molecule has 2 aromatic rings.